The van der Waals surface area contributed by atoms with Crippen molar-refractivity contribution < 1.29 is 9.18 Å². The van der Waals surface area contributed by atoms with Crippen molar-refractivity contribution in [1.29, 1.82) is 0 Å². The summed E-state index contributed by atoms with van der Waals surface area (Å²) in [5.74, 6) is -0.874. The quantitative estimate of drug-likeness (QED) is 0.508. The molecule has 5 heteroatoms. The van der Waals surface area contributed by atoms with E-state index in [4.69, 9.17) is 17.3 Å². The molecule has 0 radical (unpaired) electrons. The van der Waals surface area contributed by atoms with Crippen LogP contribution in [0.15, 0.2) is 12.1 Å². The Morgan fingerprint density at radius 3 is 2.69 bits per heavy atom. The van der Waals surface area contributed by atoms with Gasteiger partial charge in [0, 0.05) is 5.56 Å². The number of halogens is 3. The van der Waals surface area contributed by atoms with Crippen LogP contribution >= 0.6 is 27.5 Å². The van der Waals surface area contributed by atoms with E-state index in [1.54, 1.807) is 0 Å². The van der Waals surface area contributed by atoms with Gasteiger partial charge in [0.1, 0.15) is 0 Å². The van der Waals surface area contributed by atoms with Gasteiger partial charge >= 0.3 is 0 Å². The van der Waals surface area contributed by atoms with E-state index in [1.165, 1.54) is 12.1 Å². The van der Waals surface area contributed by atoms with Gasteiger partial charge in [0.2, 0.25) is 0 Å². The molecule has 0 bridgehead atoms. The second kappa shape index (κ2) is 4.07. The lowest BCUT2D eigenvalue weighted by molar-refractivity contribution is 0.102. The number of rotatable bonds is 2. The van der Waals surface area contributed by atoms with Crippen molar-refractivity contribution in [2.45, 2.75) is 0 Å². The van der Waals surface area contributed by atoms with Gasteiger partial charge in [-0.3, -0.25) is 4.79 Å². The Labute approximate surface area is 88.0 Å². The molecule has 0 heterocycles. The lowest BCUT2D eigenvalue weighted by Crippen LogP contribution is -2.02. The molecule has 2 nitrogen and oxygen atoms in total. The number of nitrogen functional groups attached to an aromatic ring is 1. The van der Waals surface area contributed by atoms with E-state index < -0.39 is 5.82 Å². The van der Waals surface area contributed by atoms with E-state index in [-0.39, 0.29) is 21.8 Å². The smallest absolute Gasteiger partial charge is 0.173 e. The normalized spacial score (nSPS) is 10.1. The zero-order valence-electron chi connectivity index (χ0n) is 6.48. The number of alkyl halides is 1. The summed E-state index contributed by atoms with van der Waals surface area (Å²) in [6.07, 6.45) is 0. The van der Waals surface area contributed by atoms with Crippen LogP contribution in [0.3, 0.4) is 0 Å². The minimum Gasteiger partial charge on any atom is -0.396 e. The third kappa shape index (κ3) is 2.19. The highest BCUT2D eigenvalue weighted by Gasteiger charge is 2.10. The summed E-state index contributed by atoms with van der Waals surface area (Å²) in [5.41, 5.74) is 5.48. The van der Waals surface area contributed by atoms with Crippen molar-refractivity contribution in [1.82, 2.24) is 0 Å². The molecule has 1 rings (SSSR count). The first kappa shape index (κ1) is 10.5. The molecule has 0 aliphatic carbocycles. The Morgan fingerprint density at radius 1 is 1.62 bits per heavy atom. The van der Waals surface area contributed by atoms with Gasteiger partial charge in [-0.2, -0.15) is 0 Å². The predicted molar refractivity (Wildman–Crippen MR) is 53.9 cm³/mol. The van der Waals surface area contributed by atoms with Gasteiger partial charge in [0.25, 0.3) is 0 Å². The number of carbonyl (C=O) groups is 1. The monoisotopic (exact) mass is 265 g/mol. The molecule has 0 fully saturated rings. The Balaban J connectivity index is 3.20. The number of nitrogens with two attached hydrogens (primary N) is 1. The zero-order chi connectivity index (χ0) is 10.0. The first-order valence-electron chi connectivity index (χ1n) is 3.40. The highest BCUT2D eigenvalue weighted by Crippen LogP contribution is 2.22. The molecule has 0 saturated carbocycles. The summed E-state index contributed by atoms with van der Waals surface area (Å²) in [6, 6.07) is 2.53. The van der Waals surface area contributed by atoms with Gasteiger partial charge in [-0.15, -0.1) is 0 Å². The molecule has 0 aliphatic rings. The second-order valence-corrected chi connectivity index (χ2v) is 3.39. The number of anilines is 1. The van der Waals surface area contributed by atoms with Crippen LogP contribution in [0.2, 0.25) is 5.02 Å². The summed E-state index contributed by atoms with van der Waals surface area (Å²) >= 11 is 8.49. The van der Waals surface area contributed by atoms with Crippen molar-refractivity contribution in [3.63, 3.8) is 0 Å². The summed E-state index contributed by atoms with van der Waals surface area (Å²) in [4.78, 5) is 11.1. The van der Waals surface area contributed by atoms with Crippen LogP contribution in [0.5, 0.6) is 0 Å². The number of carbonyl (C=O) groups excluding carboxylic acids is 1. The van der Waals surface area contributed by atoms with Gasteiger partial charge in [-0.05, 0) is 12.1 Å². The molecule has 0 atom stereocenters. The summed E-state index contributed by atoms with van der Waals surface area (Å²) in [7, 11) is 0. The first-order valence-corrected chi connectivity index (χ1v) is 4.90. The molecule has 2 N–H and O–H groups in total. The van der Waals surface area contributed by atoms with Gasteiger partial charge < -0.3 is 5.73 Å². The van der Waals surface area contributed by atoms with Crippen molar-refractivity contribution in [3.05, 3.63) is 28.5 Å². The van der Waals surface area contributed by atoms with E-state index in [0.29, 0.717) is 5.56 Å². The summed E-state index contributed by atoms with van der Waals surface area (Å²) < 4.78 is 12.9. The SMILES string of the molecule is Nc1cc(C(=O)CBr)cc(Cl)c1F. The average Bonchev–Trinajstić information content (AvgIpc) is 2.12. The number of Topliss-reactive ketones (excluding diaryl/α,β-unsaturated/α-hetero) is 1. The molecular weight excluding hydrogens is 260 g/mol. The molecule has 13 heavy (non-hydrogen) atoms. The Hall–Kier alpha value is -0.610. The highest BCUT2D eigenvalue weighted by atomic mass is 79.9. The number of hydrogen-bond acceptors (Lipinski definition) is 2. The Kier molecular flexibility index (Phi) is 3.27. The maximum atomic E-state index is 12.9. The molecule has 70 valence electrons. The lowest BCUT2D eigenvalue weighted by Gasteiger charge is -2.02. The third-order valence-corrected chi connectivity index (χ3v) is 2.28. The highest BCUT2D eigenvalue weighted by molar-refractivity contribution is 9.09. The fourth-order valence-electron chi connectivity index (χ4n) is 0.848. The Bertz CT molecular complexity index is 333. The van der Waals surface area contributed by atoms with Gasteiger partial charge in [-0.1, -0.05) is 27.5 Å². The average molecular weight is 266 g/mol. The predicted octanol–water partition coefficient (Wildman–Crippen LogP) is 2.64. The van der Waals surface area contributed by atoms with Gasteiger partial charge in [-0.25, -0.2) is 4.39 Å². The van der Waals surface area contributed by atoms with E-state index in [1.807, 2.05) is 0 Å². The van der Waals surface area contributed by atoms with Crippen LogP contribution in [0.25, 0.3) is 0 Å². The van der Waals surface area contributed by atoms with Crippen LogP contribution < -0.4 is 5.73 Å². The third-order valence-electron chi connectivity index (χ3n) is 1.50. The minimum atomic E-state index is -0.687. The van der Waals surface area contributed by atoms with Crippen molar-refractivity contribution in [2.24, 2.45) is 0 Å². The number of hydrogen-bond donors (Lipinski definition) is 1. The van der Waals surface area contributed by atoms with E-state index in [9.17, 15) is 9.18 Å². The molecule has 0 amide bonds. The fraction of sp³-hybridized carbons (Fsp3) is 0.125. The topological polar surface area (TPSA) is 43.1 Å². The van der Waals surface area contributed by atoms with Crippen LogP contribution in [-0.2, 0) is 0 Å². The molecular formula is C8H6BrClFNO. The van der Waals surface area contributed by atoms with Gasteiger partial charge in [0.15, 0.2) is 11.6 Å². The molecule has 1 aromatic rings. The molecule has 1 aromatic carbocycles. The molecule has 0 saturated heterocycles. The van der Waals surface area contributed by atoms with Crippen molar-refractivity contribution in [2.75, 3.05) is 11.1 Å². The van der Waals surface area contributed by atoms with Crippen LogP contribution in [0.4, 0.5) is 10.1 Å². The number of benzene rings is 1. The van der Waals surface area contributed by atoms with Crippen molar-refractivity contribution >= 4 is 39.0 Å². The molecule has 0 aliphatic heterocycles. The van der Waals surface area contributed by atoms with Crippen molar-refractivity contribution in [3.8, 4) is 0 Å². The van der Waals surface area contributed by atoms with Crippen LogP contribution in [0.1, 0.15) is 10.4 Å². The maximum Gasteiger partial charge on any atom is 0.173 e. The Morgan fingerprint density at radius 2 is 2.23 bits per heavy atom. The van der Waals surface area contributed by atoms with Crippen LogP contribution in [-0.4, -0.2) is 11.1 Å². The number of ketones is 1. The van der Waals surface area contributed by atoms with Crippen LogP contribution in [0, 0.1) is 5.82 Å². The summed E-state index contributed by atoms with van der Waals surface area (Å²) in [6.45, 7) is 0. The molecule has 0 aromatic heterocycles. The molecule has 0 unspecified atom stereocenters. The maximum absolute atomic E-state index is 12.9. The van der Waals surface area contributed by atoms with E-state index >= 15 is 0 Å². The zero-order valence-corrected chi connectivity index (χ0v) is 8.82. The van der Waals surface area contributed by atoms with Gasteiger partial charge in [0.05, 0.1) is 16.0 Å². The fourth-order valence-corrected chi connectivity index (χ4v) is 1.40. The van der Waals surface area contributed by atoms with E-state index in [0.717, 1.165) is 0 Å². The standard InChI is InChI=1S/C8H6BrClFNO/c9-3-7(13)4-1-5(10)8(11)6(12)2-4/h1-2H,3,12H2. The summed E-state index contributed by atoms with van der Waals surface area (Å²) in [5, 5.41) is 0.0262. The largest absolute Gasteiger partial charge is 0.396 e. The van der Waals surface area contributed by atoms with E-state index in [2.05, 4.69) is 15.9 Å². The minimum absolute atomic E-state index is 0.114. The lowest BCUT2D eigenvalue weighted by atomic mass is 10.1. The molecule has 0 spiro atoms. The second-order valence-electron chi connectivity index (χ2n) is 2.42. The first-order chi connectivity index (χ1) is 6.06.